The first-order valence-electron chi connectivity index (χ1n) is 7.96. The van der Waals surface area contributed by atoms with Crippen molar-refractivity contribution in [2.45, 2.75) is 20.4 Å². The van der Waals surface area contributed by atoms with Crippen LogP contribution in [0.1, 0.15) is 28.7 Å². The fourth-order valence-electron chi connectivity index (χ4n) is 2.35. The van der Waals surface area contributed by atoms with Crippen molar-refractivity contribution in [1.82, 2.24) is 15.0 Å². The van der Waals surface area contributed by atoms with Crippen molar-refractivity contribution in [1.29, 1.82) is 0 Å². The second-order valence-corrected chi connectivity index (χ2v) is 5.66. The van der Waals surface area contributed by atoms with E-state index in [1.807, 2.05) is 43.5 Å². The molecule has 2 aromatic heterocycles. The minimum Gasteiger partial charge on any atom is -0.366 e. The molecule has 0 aliphatic carbocycles. The van der Waals surface area contributed by atoms with Gasteiger partial charge in [-0.1, -0.05) is 6.07 Å². The molecule has 1 aromatic carbocycles. The molecule has 3 aromatic rings. The van der Waals surface area contributed by atoms with Gasteiger partial charge in [-0.3, -0.25) is 9.78 Å². The van der Waals surface area contributed by atoms with Crippen LogP contribution in [0.2, 0.25) is 0 Å². The molecule has 0 aliphatic rings. The molecule has 126 valence electrons. The Balaban J connectivity index is 1.71. The van der Waals surface area contributed by atoms with Gasteiger partial charge in [0.2, 0.25) is 0 Å². The Morgan fingerprint density at radius 3 is 2.52 bits per heavy atom. The molecule has 0 fully saturated rings. The molecule has 0 saturated carbocycles. The van der Waals surface area contributed by atoms with Crippen LogP contribution in [-0.4, -0.2) is 20.7 Å². The van der Waals surface area contributed by atoms with Gasteiger partial charge in [-0.05, 0) is 49.7 Å². The molecule has 6 nitrogen and oxygen atoms in total. The van der Waals surface area contributed by atoms with Crippen molar-refractivity contribution < 1.29 is 4.79 Å². The number of Topliss-reactive ketones (excluding diaryl/α,β-unsaturated/α-hetero) is 1. The fraction of sp³-hybridized carbons (Fsp3) is 0.158. The number of hydrogen-bond donors (Lipinski definition) is 2. The predicted molar refractivity (Wildman–Crippen MR) is 98.1 cm³/mol. The zero-order valence-corrected chi connectivity index (χ0v) is 14.2. The molecule has 0 aliphatic heterocycles. The summed E-state index contributed by atoms with van der Waals surface area (Å²) < 4.78 is 0. The van der Waals surface area contributed by atoms with E-state index in [2.05, 4.69) is 25.6 Å². The fourth-order valence-corrected chi connectivity index (χ4v) is 2.35. The molecule has 0 atom stereocenters. The van der Waals surface area contributed by atoms with E-state index >= 15 is 0 Å². The molecule has 0 unspecified atom stereocenters. The third-order valence-electron chi connectivity index (χ3n) is 3.60. The lowest BCUT2D eigenvalue weighted by atomic mass is 10.1. The number of aromatic nitrogens is 3. The first kappa shape index (κ1) is 16.6. The Bertz CT molecular complexity index is 863. The molecule has 0 bridgehead atoms. The topological polar surface area (TPSA) is 79.8 Å². The standard InChI is InChI=1S/C19H19N5O/c1-13(25)16-5-7-17(8-6-16)24-19-10-18(22-14(2)23-19)21-12-15-4-3-9-20-11-15/h3-11H,12H2,1-2H3,(H2,21,22,23,24). The Kier molecular flexibility index (Phi) is 4.99. The third kappa shape index (κ3) is 4.60. The van der Waals surface area contributed by atoms with Crippen molar-refractivity contribution >= 4 is 23.1 Å². The molecule has 25 heavy (non-hydrogen) atoms. The van der Waals surface area contributed by atoms with Crippen LogP contribution in [0.4, 0.5) is 17.3 Å². The van der Waals surface area contributed by atoms with E-state index in [1.165, 1.54) is 0 Å². The molecule has 0 saturated heterocycles. The Hall–Kier alpha value is -3.28. The first-order chi connectivity index (χ1) is 12.1. The summed E-state index contributed by atoms with van der Waals surface area (Å²) in [4.78, 5) is 24.2. The maximum absolute atomic E-state index is 11.3. The van der Waals surface area contributed by atoms with Gasteiger partial charge in [0.15, 0.2) is 5.78 Å². The Morgan fingerprint density at radius 1 is 1.08 bits per heavy atom. The molecule has 0 spiro atoms. The van der Waals surface area contributed by atoms with Crippen molar-refractivity contribution in [2.75, 3.05) is 10.6 Å². The van der Waals surface area contributed by atoms with E-state index in [0.29, 0.717) is 23.8 Å². The number of carbonyl (C=O) groups is 1. The smallest absolute Gasteiger partial charge is 0.159 e. The zero-order chi connectivity index (χ0) is 17.6. The van der Waals surface area contributed by atoms with Gasteiger partial charge in [-0.25, -0.2) is 9.97 Å². The molecule has 3 rings (SSSR count). The van der Waals surface area contributed by atoms with Crippen molar-refractivity contribution in [3.8, 4) is 0 Å². The second kappa shape index (κ2) is 7.53. The van der Waals surface area contributed by atoms with Gasteiger partial charge in [-0.2, -0.15) is 0 Å². The molecular formula is C19H19N5O. The number of carbonyl (C=O) groups excluding carboxylic acids is 1. The van der Waals surface area contributed by atoms with E-state index in [0.717, 1.165) is 17.1 Å². The van der Waals surface area contributed by atoms with Crippen LogP contribution in [0.25, 0.3) is 0 Å². The van der Waals surface area contributed by atoms with Gasteiger partial charge in [0.05, 0.1) is 0 Å². The maximum Gasteiger partial charge on any atom is 0.159 e. The number of nitrogens with one attached hydrogen (secondary N) is 2. The lowest BCUT2D eigenvalue weighted by molar-refractivity contribution is 0.101. The number of aryl methyl sites for hydroxylation is 1. The average Bonchev–Trinajstić information content (AvgIpc) is 2.61. The molecule has 2 heterocycles. The van der Waals surface area contributed by atoms with Crippen LogP contribution in [0.5, 0.6) is 0 Å². The lowest BCUT2D eigenvalue weighted by Crippen LogP contribution is -2.05. The highest BCUT2D eigenvalue weighted by Gasteiger charge is 2.04. The van der Waals surface area contributed by atoms with Gasteiger partial charge >= 0.3 is 0 Å². The number of rotatable bonds is 6. The van der Waals surface area contributed by atoms with Crippen LogP contribution in [0.3, 0.4) is 0 Å². The van der Waals surface area contributed by atoms with E-state index in [-0.39, 0.29) is 5.78 Å². The minimum absolute atomic E-state index is 0.0475. The van der Waals surface area contributed by atoms with E-state index in [1.54, 1.807) is 25.3 Å². The Labute approximate surface area is 146 Å². The van der Waals surface area contributed by atoms with Crippen molar-refractivity contribution in [3.05, 3.63) is 71.8 Å². The SMILES string of the molecule is CC(=O)c1ccc(Nc2cc(NCc3cccnc3)nc(C)n2)cc1. The largest absolute Gasteiger partial charge is 0.366 e. The number of nitrogens with zero attached hydrogens (tertiary/aromatic N) is 3. The predicted octanol–water partition coefficient (Wildman–Crippen LogP) is 3.74. The van der Waals surface area contributed by atoms with Gasteiger partial charge < -0.3 is 10.6 Å². The summed E-state index contributed by atoms with van der Waals surface area (Å²) in [5, 5.41) is 6.51. The van der Waals surface area contributed by atoms with Gasteiger partial charge in [-0.15, -0.1) is 0 Å². The summed E-state index contributed by atoms with van der Waals surface area (Å²) in [6.07, 6.45) is 3.56. The summed E-state index contributed by atoms with van der Waals surface area (Å²) in [6, 6.07) is 13.1. The van der Waals surface area contributed by atoms with Crippen LogP contribution < -0.4 is 10.6 Å². The van der Waals surface area contributed by atoms with E-state index in [4.69, 9.17) is 0 Å². The van der Waals surface area contributed by atoms with Gasteiger partial charge in [0.1, 0.15) is 17.5 Å². The summed E-state index contributed by atoms with van der Waals surface area (Å²) in [7, 11) is 0. The number of ketones is 1. The van der Waals surface area contributed by atoms with Gasteiger partial charge in [0.25, 0.3) is 0 Å². The summed E-state index contributed by atoms with van der Waals surface area (Å²) in [5.41, 5.74) is 2.62. The molecule has 0 radical (unpaired) electrons. The summed E-state index contributed by atoms with van der Waals surface area (Å²) >= 11 is 0. The van der Waals surface area contributed by atoms with Crippen molar-refractivity contribution in [3.63, 3.8) is 0 Å². The lowest BCUT2D eigenvalue weighted by Gasteiger charge is -2.10. The number of pyridine rings is 1. The van der Waals surface area contributed by atoms with E-state index < -0.39 is 0 Å². The van der Waals surface area contributed by atoms with E-state index in [9.17, 15) is 4.79 Å². The summed E-state index contributed by atoms with van der Waals surface area (Å²) in [6.45, 7) is 4.03. The molecule has 6 heteroatoms. The molecule has 2 N–H and O–H groups in total. The minimum atomic E-state index is 0.0475. The third-order valence-corrected chi connectivity index (χ3v) is 3.60. The van der Waals surface area contributed by atoms with Crippen LogP contribution >= 0.6 is 0 Å². The quantitative estimate of drug-likeness (QED) is 0.669. The second-order valence-electron chi connectivity index (χ2n) is 5.66. The molecule has 0 amide bonds. The highest BCUT2D eigenvalue weighted by atomic mass is 16.1. The van der Waals surface area contributed by atoms with Gasteiger partial charge in [0, 0.05) is 36.3 Å². The molecular weight excluding hydrogens is 314 g/mol. The first-order valence-corrected chi connectivity index (χ1v) is 7.96. The highest BCUT2D eigenvalue weighted by Crippen LogP contribution is 2.18. The summed E-state index contributed by atoms with van der Waals surface area (Å²) in [5.74, 6) is 2.14. The number of hydrogen-bond acceptors (Lipinski definition) is 6. The average molecular weight is 333 g/mol. The van der Waals surface area contributed by atoms with Crippen LogP contribution in [0, 0.1) is 6.92 Å². The van der Waals surface area contributed by atoms with Crippen molar-refractivity contribution in [2.24, 2.45) is 0 Å². The highest BCUT2D eigenvalue weighted by molar-refractivity contribution is 5.94. The maximum atomic E-state index is 11.3. The van der Waals surface area contributed by atoms with Crippen LogP contribution in [-0.2, 0) is 6.54 Å². The van der Waals surface area contributed by atoms with Crippen LogP contribution in [0.15, 0.2) is 54.9 Å². The number of anilines is 3. The zero-order valence-electron chi connectivity index (χ0n) is 14.2. The Morgan fingerprint density at radius 2 is 1.84 bits per heavy atom. The normalized spacial score (nSPS) is 10.3. The number of benzene rings is 1. The monoisotopic (exact) mass is 333 g/mol.